The SMILES string of the molecule is CCC(C)[Si](C)(C)OC(C)C. The van der Waals surface area contributed by atoms with Gasteiger partial charge in [-0.2, -0.15) is 0 Å². The van der Waals surface area contributed by atoms with Gasteiger partial charge in [-0.05, 0) is 32.5 Å². The van der Waals surface area contributed by atoms with Crippen molar-refractivity contribution in [2.24, 2.45) is 0 Å². The summed E-state index contributed by atoms with van der Waals surface area (Å²) in [5.41, 5.74) is 0.768. The molecule has 1 unspecified atom stereocenters. The Bertz CT molecular complexity index is 110. The van der Waals surface area contributed by atoms with Crippen LogP contribution in [0.25, 0.3) is 0 Å². The Morgan fingerprint density at radius 2 is 1.64 bits per heavy atom. The molecule has 0 N–H and O–H groups in total. The molecule has 0 aromatic heterocycles. The van der Waals surface area contributed by atoms with Gasteiger partial charge in [-0.3, -0.25) is 0 Å². The van der Waals surface area contributed by atoms with Gasteiger partial charge in [0.15, 0.2) is 8.32 Å². The van der Waals surface area contributed by atoms with Gasteiger partial charge in [-0.25, -0.2) is 0 Å². The van der Waals surface area contributed by atoms with Crippen LogP contribution in [0.5, 0.6) is 0 Å². The topological polar surface area (TPSA) is 9.23 Å². The van der Waals surface area contributed by atoms with Crippen molar-refractivity contribution in [1.82, 2.24) is 0 Å². The van der Waals surface area contributed by atoms with Crippen LogP contribution in [0.4, 0.5) is 0 Å². The van der Waals surface area contributed by atoms with Crippen molar-refractivity contribution in [3.05, 3.63) is 0 Å². The van der Waals surface area contributed by atoms with E-state index < -0.39 is 8.32 Å². The molecule has 0 aliphatic rings. The van der Waals surface area contributed by atoms with E-state index in [0.717, 1.165) is 5.54 Å². The van der Waals surface area contributed by atoms with Gasteiger partial charge in [0.25, 0.3) is 0 Å². The first-order valence-electron chi connectivity index (χ1n) is 4.58. The van der Waals surface area contributed by atoms with Crippen LogP contribution in [0, 0.1) is 0 Å². The van der Waals surface area contributed by atoms with Crippen molar-refractivity contribution >= 4 is 8.32 Å². The third-order valence-corrected chi connectivity index (χ3v) is 6.20. The Hall–Kier alpha value is 0.177. The van der Waals surface area contributed by atoms with Crippen LogP contribution in [0.2, 0.25) is 18.6 Å². The van der Waals surface area contributed by atoms with E-state index in [4.69, 9.17) is 4.43 Å². The highest BCUT2D eigenvalue weighted by Crippen LogP contribution is 2.26. The molecular weight excluding hydrogens is 152 g/mol. The quantitative estimate of drug-likeness (QED) is 0.593. The maximum Gasteiger partial charge on any atom is 0.189 e. The second-order valence-electron chi connectivity index (χ2n) is 4.08. The Balaban J connectivity index is 3.98. The van der Waals surface area contributed by atoms with E-state index in [0.29, 0.717) is 6.10 Å². The van der Waals surface area contributed by atoms with Crippen LogP contribution in [-0.4, -0.2) is 14.4 Å². The van der Waals surface area contributed by atoms with E-state index in [-0.39, 0.29) is 0 Å². The largest absolute Gasteiger partial charge is 0.415 e. The predicted molar refractivity (Wildman–Crippen MR) is 53.4 cm³/mol. The molecule has 11 heavy (non-hydrogen) atoms. The number of hydrogen-bond acceptors (Lipinski definition) is 1. The standard InChI is InChI=1S/C9H22OSi/c1-7-9(4)11(5,6)10-8(2)3/h8-9H,7H2,1-6H3. The third-order valence-electron chi connectivity index (χ3n) is 2.34. The Morgan fingerprint density at radius 1 is 1.18 bits per heavy atom. The maximum absolute atomic E-state index is 5.93. The first-order valence-corrected chi connectivity index (χ1v) is 7.56. The average Bonchev–Trinajstić information content (AvgIpc) is 1.83. The third kappa shape index (κ3) is 3.92. The fourth-order valence-corrected chi connectivity index (χ4v) is 3.65. The lowest BCUT2D eigenvalue weighted by Gasteiger charge is -2.30. The van der Waals surface area contributed by atoms with Crippen molar-refractivity contribution < 1.29 is 4.43 Å². The molecule has 0 radical (unpaired) electrons. The molecule has 2 heteroatoms. The molecule has 0 saturated carbocycles. The van der Waals surface area contributed by atoms with E-state index in [1.807, 2.05) is 0 Å². The van der Waals surface area contributed by atoms with E-state index in [9.17, 15) is 0 Å². The van der Waals surface area contributed by atoms with Crippen molar-refractivity contribution in [3.8, 4) is 0 Å². The van der Waals surface area contributed by atoms with E-state index in [1.54, 1.807) is 0 Å². The highest BCUT2D eigenvalue weighted by Gasteiger charge is 2.29. The highest BCUT2D eigenvalue weighted by atomic mass is 28.4. The van der Waals surface area contributed by atoms with Crippen LogP contribution >= 0.6 is 0 Å². The van der Waals surface area contributed by atoms with Gasteiger partial charge in [-0.15, -0.1) is 0 Å². The summed E-state index contributed by atoms with van der Waals surface area (Å²) in [5, 5.41) is 0. The molecule has 1 atom stereocenters. The Kier molecular flexibility index (Phi) is 4.33. The Morgan fingerprint density at radius 3 is 1.91 bits per heavy atom. The average molecular weight is 174 g/mol. The molecule has 1 nitrogen and oxygen atoms in total. The zero-order valence-electron chi connectivity index (χ0n) is 8.77. The van der Waals surface area contributed by atoms with Crippen LogP contribution in [-0.2, 0) is 4.43 Å². The smallest absolute Gasteiger partial charge is 0.189 e. The predicted octanol–water partition coefficient (Wildman–Crippen LogP) is 3.42. The summed E-state index contributed by atoms with van der Waals surface area (Å²) in [6, 6.07) is 0. The molecule has 0 rings (SSSR count). The zero-order chi connectivity index (χ0) is 9.07. The fourth-order valence-electron chi connectivity index (χ4n) is 1.22. The minimum absolute atomic E-state index is 0.394. The van der Waals surface area contributed by atoms with Gasteiger partial charge in [0, 0.05) is 6.10 Å². The molecule has 0 aromatic rings. The summed E-state index contributed by atoms with van der Waals surface area (Å²) >= 11 is 0. The van der Waals surface area contributed by atoms with Gasteiger partial charge < -0.3 is 4.43 Å². The molecule has 0 heterocycles. The second kappa shape index (κ2) is 4.26. The minimum Gasteiger partial charge on any atom is -0.415 e. The molecule has 0 amide bonds. The van der Waals surface area contributed by atoms with Gasteiger partial charge in [-0.1, -0.05) is 20.3 Å². The molecule has 0 aromatic carbocycles. The Labute approximate surface area is 72.3 Å². The highest BCUT2D eigenvalue weighted by molar-refractivity contribution is 6.72. The fraction of sp³-hybridized carbons (Fsp3) is 1.00. The molecule has 0 fully saturated rings. The summed E-state index contributed by atoms with van der Waals surface area (Å²) in [7, 11) is -1.37. The number of hydrogen-bond donors (Lipinski definition) is 0. The zero-order valence-corrected chi connectivity index (χ0v) is 9.77. The summed E-state index contributed by atoms with van der Waals surface area (Å²) in [5.74, 6) is 0. The normalized spacial score (nSPS) is 15.5. The molecular formula is C9H22OSi. The number of rotatable bonds is 4. The van der Waals surface area contributed by atoms with Gasteiger partial charge >= 0.3 is 0 Å². The molecule has 0 aliphatic carbocycles. The van der Waals surface area contributed by atoms with Crippen LogP contribution in [0.15, 0.2) is 0 Å². The minimum atomic E-state index is -1.37. The summed E-state index contributed by atoms with van der Waals surface area (Å²) in [6.45, 7) is 13.4. The first kappa shape index (κ1) is 11.2. The van der Waals surface area contributed by atoms with Crippen LogP contribution in [0.1, 0.15) is 34.1 Å². The van der Waals surface area contributed by atoms with Gasteiger partial charge in [0.1, 0.15) is 0 Å². The second-order valence-corrected chi connectivity index (χ2v) is 8.51. The van der Waals surface area contributed by atoms with Crippen molar-refractivity contribution in [2.45, 2.75) is 58.9 Å². The van der Waals surface area contributed by atoms with E-state index in [2.05, 4.69) is 40.8 Å². The first-order chi connectivity index (χ1) is 4.90. The van der Waals surface area contributed by atoms with E-state index >= 15 is 0 Å². The molecule has 0 saturated heterocycles. The summed E-state index contributed by atoms with van der Waals surface area (Å²) in [4.78, 5) is 0. The van der Waals surface area contributed by atoms with E-state index in [1.165, 1.54) is 6.42 Å². The lowest BCUT2D eigenvalue weighted by Crippen LogP contribution is -2.37. The van der Waals surface area contributed by atoms with Crippen LogP contribution < -0.4 is 0 Å². The van der Waals surface area contributed by atoms with Crippen molar-refractivity contribution in [3.63, 3.8) is 0 Å². The maximum atomic E-state index is 5.93. The lowest BCUT2D eigenvalue weighted by atomic mass is 10.4. The summed E-state index contributed by atoms with van der Waals surface area (Å²) in [6.07, 6.45) is 1.64. The van der Waals surface area contributed by atoms with Crippen LogP contribution in [0.3, 0.4) is 0 Å². The van der Waals surface area contributed by atoms with Gasteiger partial charge in [0.2, 0.25) is 0 Å². The molecule has 0 aliphatic heterocycles. The molecule has 68 valence electrons. The molecule has 0 spiro atoms. The molecule has 0 bridgehead atoms. The summed E-state index contributed by atoms with van der Waals surface area (Å²) < 4.78 is 5.93. The van der Waals surface area contributed by atoms with Crippen molar-refractivity contribution in [1.29, 1.82) is 0 Å². The monoisotopic (exact) mass is 174 g/mol. The van der Waals surface area contributed by atoms with Crippen molar-refractivity contribution in [2.75, 3.05) is 0 Å². The van der Waals surface area contributed by atoms with Gasteiger partial charge in [0.05, 0.1) is 0 Å². The lowest BCUT2D eigenvalue weighted by molar-refractivity contribution is 0.225.